The molecule has 0 aliphatic carbocycles. The lowest BCUT2D eigenvalue weighted by atomic mass is 10.2. The van der Waals surface area contributed by atoms with Crippen molar-refractivity contribution >= 4 is 27.9 Å². The number of aromatic nitrogens is 2. The van der Waals surface area contributed by atoms with Crippen LogP contribution in [-0.2, 0) is 13.1 Å². The van der Waals surface area contributed by atoms with Gasteiger partial charge in [0.15, 0.2) is 0 Å². The average Bonchev–Trinajstić information content (AvgIpc) is 3.07. The van der Waals surface area contributed by atoms with Crippen molar-refractivity contribution in [2.24, 2.45) is 0 Å². The van der Waals surface area contributed by atoms with Gasteiger partial charge in [-0.05, 0) is 31.7 Å². The number of rotatable bonds is 8. The van der Waals surface area contributed by atoms with E-state index in [0.717, 1.165) is 36.8 Å². The summed E-state index contributed by atoms with van der Waals surface area (Å²) < 4.78 is 4.09. The van der Waals surface area contributed by atoms with Crippen LogP contribution in [0, 0.1) is 0 Å². The van der Waals surface area contributed by atoms with Crippen molar-refractivity contribution in [3.8, 4) is 0 Å². The second-order valence-electron chi connectivity index (χ2n) is 5.05. The van der Waals surface area contributed by atoms with E-state index in [0.29, 0.717) is 6.04 Å². The van der Waals surface area contributed by atoms with E-state index in [4.69, 9.17) is 0 Å². The Balaban J connectivity index is 2.02. The van der Waals surface area contributed by atoms with Crippen LogP contribution in [0.1, 0.15) is 37.8 Å². The molecule has 0 atom stereocenters. The maximum absolute atomic E-state index is 4.29. The van der Waals surface area contributed by atoms with Crippen molar-refractivity contribution in [3.63, 3.8) is 0 Å². The maximum atomic E-state index is 4.29. The molecule has 0 bridgehead atoms. The summed E-state index contributed by atoms with van der Waals surface area (Å²) in [6.45, 7) is 9.42. The lowest BCUT2D eigenvalue weighted by Crippen LogP contribution is -2.30. The fraction of sp³-hybridized carbons (Fsp3) is 0.571. The first-order valence-corrected chi connectivity index (χ1v) is 8.67. The Hall–Kier alpha value is -0.980. The molecular formula is C14H22N4S2. The van der Waals surface area contributed by atoms with Gasteiger partial charge in [-0.2, -0.15) is 0 Å². The van der Waals surface area contributed by atoms with Gasteiger partial charge < -0.3 is 5.32 Å². The first kappa shape index (κ1) is 15.4. The van der Waals surface area contributed by atoms with Gasteiger partial charge in [-0.25, -0.2) is 0 Å². The van der Waals surface area contributed by atoms with Gasteiger partial charge in [0.2, 0.25) is 0 Å². The molecule has 20 heavy (non-hydrogen) atoms. The van der Waals surface area contributed by atoms with Crippen molar-refractivity contribution in [1.82, 2.24) is 14.5 Å². The van der Waals surface area contributed by atoms with Crippen LogP contribution < -0.4 is 5.32 Å². The average molecular weight is 310 g/mol. The Kier molecular flexibility index (Phi) is 5.94. The largest absolute Gasteiger partial charge is 0.374 e. The summed E-state index contributed by atoms with van der Waals surface area (Å²) in [5.41, 5.74) is 1.06. The maximum Gasteiger partial charge on any atom is 0.134 e. The number of hydrogen-bond acceptors (Lipinski definition) is 6. The van der Waals surface area contributed by atoms with Gasteiger partial charge in [-0.1, -0.05) is 17.5 Å². The smallest absolute Gasteiger partial charge is 0.134 e. The van der Waals surface area contributed by atoms with E-state index in [2.05, 4.69) is 58.1 Å². The van der Waals surface area contributed by atoms with Gasteiger partial charge in [0.25, 0.3) is 0 Å². The number of nitrogens with zero attached hydrogens (tertiary/aromatic N) is 3. The molecule has 0 aliphatic rings. The molecule has 2 heterocycles. The molecule has 0 spiro atoms. The van der Waals surface area contributed by atoms with Gasteiger partial charge in [0, 0.05) is 42.1 Å². The third-order valence-electron chi connectivity index (χ3n) is 3.11. The Bertz CT molecular complexity index is 493. The van der Waals surface area contributed by atoms with E-state index in [1.165, 1.54) is 16.4 Å². The minimum absolute atomic E-state index is 0.484. The molecule has 1 N–H and O–H groups in total. The van der Waals surface area contributed by atoms with Crippen LogP contribution in [0.15, 0.2) is 17.5 Å². The zero-order chi connectivity index (χ0) is 14.4. The normalized spacial score (nSPS) is 11.4. The van der Waals surface area contributed by atoms with Crippen LogP contribution in [0.3, 0.4) is 0 Å². The van der Waals surface area contributed by atoms with Gasteiger partial charge in [0.1, 0.15) is 10.7 Å². The highest BCUT2D eigenvalue weighted by atomic mass is 32.1. The molecule has 0 saturated heterocycles. The lowest BCUT2D eigenvalue weighted by molar-refractivity contribution is 0.203. The molecule has 0 fully saturated rings. The molecule has 0 aromatic carbocycles. The lowest BCUT2D eigenvalue weighted by Gasteiger charge is -2.25. The molecule has 4 nitrogen and oxygen atoms in total. The van der Waals surface area contributed by atoms with Crippen molar-refractivity contribution in [1.29, 1.82) is 0 Å². The van der Waals surface area contributed by atoms with Crippen LogP contribution in [0.2, 0.25) is 0 Å². The summed E-state index contributed by atoms with van der Waals surface area (Å²) in [5.74, 6) is 0. The highest BCUT2D eigenvalue weighted by molar-refractivity contribution is 7.10. The first-order chi connectivity index (χ1) is 9.70. The van der Waals surface area contributed by atoms with Crippen LogP contribution >= 0.6 is 22.9 Å². The molecule has 2 aromatic rings. The zero-order valence-corrected chi connectivity index (χ0v) is 13.9. The third kappa shape index (κ3) is 4.26. The van der Waals surface area contributed by atoms with Crippen molar-refractivity contribution in [2.75, 3.05) is 11.9 Å². The van der Waals surface area contributed by atoms with E-state index >= 15 is 0 Å². The van der Waals surface area contributed by atoms with Crippen LogP contribution in [0.5, 0.6) is 0 Å². The molecule has 0 unspecified atom stereocenters. The summed E-state index contributed by atoms with van der Waals surface area (Å²) in [4.78, 5) is 3.82. The Morgan fingerprint density at radius 3 is 2.85 bits per heavy atom. The van der Waals surface area contributed by atoms with Crippen molar-refractivity contribution in [3.05, 3.63) is 28.1 Å². The summed E-state index contributed by atoms with van der Waals surface area (Å²) in [6, 6.07) is 4.78. The predicted octanol–water partition coefficient (Wildman–Crippen LogP) is 3.83. The minimum Gasteiger partial charge on any atom is -0.374 e. The fourth-order valence-corrected chi connectivity index (χ4v) is 3.23. The highest BCUT2D eigenvalue weighted by Gasteiger charge is 2.16. The molecule has 0 aliphatic heterocycles. The molecule has 0 saturated carbocycles. The summed E-state index contributed by atoms with van der Waals surface area (Å²) in [5, 5.41) is 10.9. The zero-order valence-electron chi connectivity index (χ0n) is 12.3. The van der Waals surface area contributed by atoms with Gasteiger partial charge >= 0.3 is 0 Å². The Morgan fingerprint density at radius 2 is 2.20 bits per heavy atom. The number of anilines is 1. The van der Waals surface area contributed by atoms with Gasteiger partial charge in [0.05, 0.1) is 0 Å². The molecule has 6 heteroatoms. The molecule has 2 rings (SSSR count). The third-order valence-corrected chi connectivity index (χ3v) is 4.70. The number of hydrogen-bond donors (Lipinski definition) is 1. The van der Waals surface area contributed by atoms with Crippen molar-refractivity contribution in [2.45, 2.75) is 46.3 Å². The van der Waals surface area contributed by atoms with E-state index in [9.17, 15) is 0 Å². The van der Waals surface area contributed by atoms with E-state index in [1.807, 2.05) is 11.3 Å². The fourth-order valence-electron chi connectivity index (χ4n) is 1.90. The molecule has 110 valence electrons. The topological polar surface area (TPSA) is 41.1 Å². The SMILES string of the molecule is CCCNc1snnc1CN(Cc1cccs1)C(C)C. The molecular weight excluding hydrogens is 288 g/mol. The molecule has 2 aromatic heterocycles. The molecule has 0 radical (unpaired) electrons. The van der Waals surface area contributed by atoms with Gasteiger partial charge in [-0.15, -0.1) is 16.4 Å². The monoisotopic (exact) mass is 310 g/mol. The second-order valence-corrected chi connectivity index (χ2v) is 6.84. The van der Waals surface area contributed by atoms with E-state index in [1.54, 1.807) is 0 Å². The Labute approximate surface area is 129 Å². The van der Waals surface area contributed by atoms with Gasteiger partial charge in [-0.3, -0.25) is 4.90 Å². The standard InChI is InChI=1S/C14H22N4S2/c1-4-7-15-14-13(16-17-20-14)10-18(11(2)3)9-12-6-5-8-19-12/h5-6,8,11,15H,4,7,9-10H2,1-3H3. The quantitative estimate of drug-likeness (QED) is 0.804. The van der Waals surface area contributed by atoms with Crippen molar-refractivity contribution < 1.29 is 0 Å². The second kappa shape index (κ2) is 7.71. The van der Waals surface area contributed by atoms with Crippen LogP contribution in [0.25, 0.3) is 0 Å². The first-order valence-electron chi connectivity index (χ1n) is 7.02. The minimum atomic E-state index is 0.484. The van der Waals surface area contributed by atoms with E-state index < -0.39 is 0 Å². The van der Waals surface area contributed by atoms with Crippen LogP contribution in [-0.4, -0.2) is 27.1 Å². The van der Waals surface area contributed by atoms with Crippen LogP contribution in [0.4, 0.5) is 5.00 Å². The summed E-state index contributed by atoms with van der Waals surface area (Å²) >= 11 is 3.26. The summed E-state index contributed by atoms with van der Waals surface area (Å²) in [6.07, 6.45) is 1.11. The Morgan fingerprint density at radius 1 is 1.35 bits per heavy atom. The van der Waals surface area contributed by atoms with E-state index in [-0.39, 0.29) is 0 Å². The number of nitrogens with one attached hydrogen (secondary N) is 1. The predicted molar refractivity (Wildman–Crippen MR) is 87.4 cm³/mol. The summed E-state index contributed by atoms with van der Waals surface area (Å²) in [7, 11) is 0. The molecule has 0 amide bonds. The number of thiophene rings is 1. The highest BCUT2D eigenvalue weighted by Crippen LogP contribution is 2.22.